The van der Waals surface area contributed by atoms with Gasteiger partial charge in [-0.25, -0.2) is 0 Å². The van der Waals surface area contributed by atoms with E-state index in [0.717, 1.165) is 11.4 Å². The van der Waals surface area contributed by atoms with Gasteiger partial charge in [0, 0.05) is 16.8 Å². The molecule has 218 valence electrons. The highest BCUT2D eigenvalue weighted by Crippen LogP contribution is 2.59. The molecule has 10 rings (SSSR count). The predicted octanol–water partition coefficient (Wildman–Crippen LogP) is 12.9. The Hall–Kier alpha value is -6.18. The third-order valence-electron chi connectivity index (χ3n) is 9.95. The molecule has 47 heavy (non-hydrogen) atoms. The van der Waals surface area contributed by atoms with Crippen LogP contribution >= 0.6 is 0 Å². The molecule has 0 spiro atoms. The van der Waals surface area contributed by atoms with Gasteiger partial charge in [0.15, 0.2) is 0 Å². The number of rotatable bonds is 4. The van der Waals surface area contributed by atoms with Gasteiger partial charge in [-0.15, -0.1) is 0 Å². The smallest absolute Gasteiger partial charge is 0.0546 e. The molecule has 0 unspecified atom stereocenters. The molecule has 8 aromatic carbocycles. The summed E-state index contributed by atoms with van der Waals surface area (Å²) in [7, 11) is 0. The van der Waals surface area contributed by atoms with Crippen LogP contribution in [0, 0.1) is 0 Å². The molecule has 0 aromatic heterocycles. The molecule has 0 amide bonds. The summed E-state index contributed by atoms with van der Waals surface area (Å²) in [4.78, 5) is 2.47. The molecular weight excluding hydrogens is 567 g/mol. The molecule has 0 atom stereocenters. The number of fused-ring (bicyclic) bond motifs is 5. The van der Waals surface area contributed by atoms with Crippen molar-refractivity contribution < 1.29 is 0 Å². The zero-order valence-corrected chi connectivity index (χ0v) is 25.7. The molecule has 2 aliphatic rings. The first-order chi connectivity index (χ1) is 23.3. The molecule has 0 fully saturated rings. The Kier molecular flexibility index (Phi) is 5.64. The van der Waals surface area contributed by atoms with E-state index in [1.54, 1.807) is 0 Å². The lowest BCUT2D eigenvalue weighted by Crippen LogP contribution is -2.13. The molecule has 0 aliphatic heterocycles. The summed E-state index contributed by atoms with van der Waals surface area (Å²) in [5.41, 5.74) is 18.8. The molecule has 6 bridgehead atoms. The van der Waals surface area contributed by atoms with E-state index < -0.39 is 0 Å². The maximum Gasteiger partial charge on any atom is 0.0546 e. The number of anilines is 3. The zero-order chi connectivity index (χ0) is 30.9. The van der Waals surface area contributed by atoms with Crippen LogP contribution < -0.4 is 4.90 Å². The van der Waals surface area contributed by atoms with Crippen molar-refractivity contribution in [1.29, 1.82) is 0 Å². The highest BCUT2D eigenvalue weighted by atomic mass is 15.1. The molecule has 1 heteroatoms. The zero-order valence-electron chi connectivity index (χ0n) is 25.7. The van der Waals surface area contributed by atoms with Crippen LogP contribution in [0.15, 0.2) is 176 Å². The minimum absolute atomic E-state index is 1.13. The van der Waals surface area contributed by atoms with Crippen molar-refractivity contribution in [3.05, 3.63) is 176 Å². The summed E-state index contributed by atoms with van der Waals surface area (Å²) in [5.74, 6) is 0. The number of hydrogen-bond donors (Lipinski definition) is 0. The second-order valence-corrected chi connectivity index (χ2v) is 12.5. The van der Waals surface area contributed by atoms with E-state index >= 15 is 0 Å². The van der Waals surface area contributed by atoms with Crippen molar-refractivity contribution in [3.63, 3.8) is 0 Å². The van der Waals surface area contributed by atoms with Gasteiger partial charge in [0.1, 0.15) is 0 Å². The normalized spacial score (nSPS) is 11.8. The van der Waals surface area contributed by atoms with Crippen molar-refractivity contribution in [1.82, 2.24) is 0 Å². The van der Waals surface area contributed by atoms with E-state index in [2.05, 4.69) is 181 Å². The lowest BCUT2D eigenvalue weighted by atomic mass is 9.82. The third kappa shape index (κ3) is 3.84. The number of para-hydroxylation sites is 2. The van der Waals surface area contributed by atoms with Gasteiger partial charge in [-0.3, -0.25) is 0 Å². The summed E-state index contributed by atoms with van der Waals surface area (Å²) in [6.07, 6.45) is 0. The number of nitrogens with zero attached hydrogens (tertiary/aromatic N) is 1. The molecule has 0 saturated carbocycles. The van der Waals surface area contributed by atoms with Crippen LogP contribution in [0.1, 0.15) is 0 Å². The first-order valence-corrected chi connectivity index (χ1v) is 16.3. The minimum atomic E-state index is 1.13. The van der Waals surface area contributed by atoms with Crippen LogP contribution in [0.5, 0.6) is 0 Å². The van der Waals surface area contributed by atoms with Crippen molar-refractivity contribution in [2.75, 3.05) is 4.90 Å². The standard InChI is InChI=1S/C46H29N/c1-2-15-33(16-3-1)47(42-25-9-8-17-34(42)32-28-27-30-13-4-5-14-31(30)29-32)43-26-12-24-41-45-37-20-10-21-38(45)39-22-11-23-40(46(41)43)44(39)36-19-7-6-18-35(36)37/h1-29H. The molecule has 0 radical (unpaired) electrons. The van der Waals surface area contributed by atoms with Crippen LogP contribution in [0.2, 0.25) is 0 Å². The maximum absolute atomic E-state index is 2.47. The van der Waals surface area contributed by atoms with Crippen LogP contribution in [0.4, 0.5) is 17.1 Å². The van der Waals surface area contributed by atoms with Crippen LogP contribution in [-0.4, -0.2) is 0 Å². The first-order valence-electron chi connectivity index (χ1n) is 16.3. The molecule has 8 aromatic rings. The van der Waals surface area contributed by atoms with Crippen LogP contribution in [-0.2, 0) is 0 Å². The van der Waals surface area contributed by atoms with Gasteiger partial charge in [-0.05, 0) is 96.7 Å². The van der Waals surface area contributed by atoms with Gasteiger partial charge in [0.25, 0.3) is 0 Å². The molecule has 0 saturated heterocycles. The predicted molar refractivity (Wildman–Crippen MR) is 198 cm³/mol. The third-order valence-corrected chi connectivity index (χ3v) is 9.95. The fraction of sp³-hybridized carbons (Fsp3) is 0. The Morgan fingerprint density at radius 2 is 0.787 bits per heavy atom. The average molecular weight is 596 g/mol. The Labute approximate surface area is 274 Å². The van der Waals surface area contributed by atoms with Gasteiger partial charge in [-0.2, -0.15) is 0 Å². The Bertz CT molecular complexity index is 2490. The van der Waals surface area contributed by atoms with Crippen molar-refractivity contribution in [3.8, 4) is 66.8 Å². The van der Waals surface area contributed by atoms with E-state index in [-0.39, 0.29) is 0 Å². The van der Waals surface area contributed by atoms with E-state index in [1.165, 1.54) is 83.2 Å². The first kappa shape index (κ1) is 26.1. The SMILES string of the molecule is c1ccc(N(c2ccccc2-c2ccc3ccccc3c2)c2cccc3c2-c2cccc4c2-c2ccccc2-c2cccc-4c2-3)cc1. The van der Waals surface area contributed by atoms with Crippen molar-refractivity contribution in [2.24, 2.45) is 0 Å². The number of benzene rings is 8. The fourth-order valence-electron chi connectivity index (χ4n) is 7.98. The molecular formula is C46H29N. The van der Waals surface area contributed by atoms with Crippen molar-refractivity contribution in [2.45, 2.75) is 0 Å². The second kappa shape index (κ2) is 10.2. The molecule has 0 N–H and O–H groups in total. The van der Waals surface area contributed by atoms with Gasteiger partial charge in [-0.1, -0.05) is 146 Å². The van der Waals surface area contributed by atoms with Crippen LogP contribution in [0.25, 0.3) is 77.5 Å². The largest absolute Gasteiger partial charge is 0.309 e. The lowest BCUT2D eigenvalue weighted by Gasteiger charge is -2.32. The highest BCUT2D eigenvalue weighted by Gasteiger charge is 2.33. The van der Waals surface area contributed by atoms with E-state index in [1.807, 2.05) is 0 Å². The Morgan fingerprint density at radius 1 is 0.277 bits per heavy atom. The van der Waals surface area contributed by atoms with Gasteiger partial charge < -0.3 is 4.90 Å². The molecule has 2 aliphatic carbocycles. The quantitative estimate of drug-likeness (QED) is 0.196. The highest BCUT2D eigenvalue weighted by molar-refractivity contribution is 6.17. The Morgan fingerprint density at radius 3 is 1.57 bits per heavy atom. The van der Waals surface area contributed by atoms with Gasteiger partial charge in [0.2, 0.25) is 0 Å². The van der Waals surface area contributed by atoms with Crippen LogP contribution in [0.3, 0.4) is 0 Å². The van der Waals surface area contributed by atoms with E-state index in [4.69, 9.17) is 0 Å². The van der Waals surface area contributed by atoms with Crippen molar-refractivity contribution >= 4 is 27.8 Å². The fourth-order valence-corrected chi connectivity index (χ4v) is 7.98. The lowest BCUT2D eigenvalue weighted by molar-refractivity contribution is 1.28. The molecule has 1 nitrogen and oxygen atoms in total. The second-order valence-electron chi connectivity index (χ2n) is 12.5. The van der Waals surface area contributed by atoms with E-state index in [9.17, 15) is 0 Å². The summed E-state index contributed by atoms with van der Waals surface area (Å²) >= 11 is 0. The van der Waals surface area contributed by atoms with E-state index in [0.29, 0.717) is 0 Å². The molecule has 0 heterocycles. The maximum atomic E-state index is 2.47. The summed E-state index contributed by atoms with van der Waals surface area (Å²) in [6.45, 7) is 0. The average Bonchev–Trinajstić information content (AvgIpc) is 3.25. The van der Waals surface area contributed by atoms with Gasteiger partial charge in [0.05, 0.1) is 11.4 Å². The topological polar surface area (TPSA) is 3.24 Å². The Balaban J connectivity index is 1.30. The summed E-state index contributed by atoms with van der Waals surface area (Å²) in [5, 5.41) is 2.49. The monoisotopic (exact) mass is 595 g/mol. The number of hydrogen-bond acceptors (Lipinski definition) is 1. The van der Waals surface area contributed by atoms with Gasteiger partial charge >= 0.3 is 0 Å². The minimum Gasteiger partial charge on any atom is -0.309 e. The summed E-state index contributed by atoms with van der Waals surface area (Å²) < 4.78 is 0. The summed E-state index contributed by atoms with van der Waals surface area (Å²) in [6, 6.07) is 64.6.